The SMILES string of the molecule is O=C(NCC(=NNC(=O)c1ccncc1)c1ccccc1)c1ccc(F)cc1. The molecule has 3 rings (SSSR count). The van der Waals surface area contributed by atoms with Crippen LogP contribution in [0.1, 0.15) is 26.3 Å². The molecule has 140 valence electrons. The highest BCUT2D eigenvalue weighted by Crippen LogP contribution is 2.04. The number of benzene rings is 2. The second kappa shape index (κ2) is 9.18. The number of hydrogen-bond acceptors (Lipinski definition) is 4. The number of nitrogens with zero attached hydrogens (tertiary/aromatic N) is 2. The molecule has 6 nitrogen and oxygen atoms in total. The van der Waals surface area contributed by atoms with E-state index >= 15 is 0 Å². The Morgan fingerprint density at radius 3 is 2.14 bits per heavy atom. The molecule has 1 heterocycles. The highest BCUT2D eigenvalue weighted by molar-refractivity contribution is 6.06. The van der Waals surface area contributed by atoms with E-state index in [0.29, 0.717) is 16.8 Å². The maximum Gasteiger partial charge on any atom is 0.271 e. The molecule has 0 radical (unpaired) electrons. The zero-order valence-electron chi connectivity index (χ0n) is 14.8. The van der Waals surface area contributed by atoms with Gasteiger partial charge in [0.2, 0.25) is 0 Å². The lowest BCUT2D eigenvalue weighted by molar-refractivity contribution is 0.0951. The Kier molecular flexibility index (Phi) is 6.20. The summed E-state index contributed by atoms with van der Waals surface area (Å²) in [5.41, 5.74) is 4.45. The standard InChI is InChI=1S/C21H17FN4O2/c22-18-8-6-16(7-9-18)20(27)24-14-19(15-4-2-1-3-5-15)25-26-21(28)17-10-12-23-13-11-17/h1-13H,14H2,(H,24,27)(H,26,28). The minimum absolute atomic E-state index is 0.0802. The summed E-state index contributed by atoms with van der Waals surface area (Å²) in [6, 6.07) is 17.5. The first kappa shape index (κ1) is 18.9. The molecule has 28 heavy (non-hydrogen) atoms. The van der Waals surface area contributed by atoms with Gasteiger partial charge in [-0.05, 0) is 42.0 Å². The van der Waals surface area contributed by atoms with Crippen molar-refractivity contribution in [3.05, 3.63) is 102 Å². The number of pyridine rings is 1. The van der Waals surface area contributed by atoms with Gasteiger partial charge in [-0.1, -0.05) is 30.3 Å². The first-order chi connectivity index (χ1) is 13.6. The van der Waals surface area contributed by atoms with Crippen molar-refractivity contribution in [2.24, 2.45) is 5.10 Å². The zero-order chi connectivity index (χ0) is 19.8. The van der Waals surface area contributed by atoms with E-state index < -0.39 is 5.82 Å². The number of nitrogens with one attached hydrogen (secondary N) is 2. The van der Waals surface area contributed by atoms with Crippen molar-refractivity contribution in [3.63, 3.8) is 0 Å². The first-order valence-electron chi connectivity index (χ1n) is 8.49. The molecular weight excluding hydrogens is 359 g/mol. The smallest absolute Gasteiger partial charge is 0.271 e. The zero-order valence-corrected chi connectivity index (χ0v) is 14.8. The van der Waals surface area contributed by atoms with E-state index in [4.69, 9.17) is 0 Å². The van der Waals surface area contributed by atoms with E-state index in [9.17, 15) is 14.0 Å². The second-order valence-electron chi connectivity index (χ2n) is 5.79. The summed E-state index contributed by atoms with van der Waals surface area (Å²) in [7, 11) is 0. The quantitative estimate of drug-likeness (QED) is 0.513. The number of amides is 2. The lowest BCUT2D eigenvalue weighted by Gasteiger charge is -2.10. The van der Waals surface area contributed by atoms with Crippen LogP contribution in [-0.2, 0) is 0 Å². The fourth-order valence-electron chi connectivity index (χ4n) is 2.39. The number of halogens is 1. The van der Waals surface area contributed by atoms with Crippen LogP contribution in [0.25, 0.3) is 0 Å². The van der Waals surface area contributed by atoms with Crippen molar-refractivity contribution in [1.29, 1.82) is 0 Å². The molecule has 1 aromatic heterocycles. The molecule has 0 spiro atoms. The van der Waals surface area contributed by atoms with E-state index in [0.717, 1.165) is 5.56 Å². The summed E-state index contributed by atoms with van der Waals surface area (Å²) in [5.74, 6) is -1.17. The predicted molar refractivity (Wildman–Crippen MR) is 103 cm³/mol. The van der Waals surface area contributed by atoms with Gasteiger partial charge in [0.1, 0.15) is 5.82 Å². The summed E-state index contributed by atoms with van der Waals surface area (Å²) < 4.78 is 13.0. The van der Waals surface area contributed by atoms with Crippen LogP contribution in [0.2, 0.25) is 0 Å². The van der Waals surface area contributed by atoms with E-state index in [-0.39, 0.29) is 18.4 Å². The molecule has 0 aliphatic carbocycles. The minimum Gasteiger partial charge on any atom is -0.346 e. The Balaban J connectivity index is 1.73. The molecule has 0 atom stereocenters. The summed E-state index contributed by atoms with van der Waals surface area (Å²) >= 11 is 0. The molecular formula is C21H17FN4O2. The van der Waals surface area contributed by atoms with Crippen LogP contribution in [0.4, 0.5) is 4.39 Å². The number of rotatable bonds is 6. The third-order valence-electron chi connectivity index (χ3n) is 3.86. The van der Waals surface area contributed by atoms with Crippen LogP contribution in [0, 0.1) is 5.82 Å². The van der Waals surface area contributed by atoms with Crippen LogP contribution in [-0.4, -0.2) is 29.1 Å². The molecule has 0 aliphatic rings. The Morgan fingerprint density at radius 2 is 1.46 bits per heavy atom. The van der Waals surface area contributed by atoms with Crippen LogP contribution < -0.4 is 10.7 Å². The Morgan fingerprint density at radius 1 is 0.821 bits per heavy atom. The van der Waals surface area contributed by atoms with E-state index in [1.807, 2.05) is 30.3 Å². The van der Waals surface area contributed by atoms with Gasteiger partial charge in [0.25, 0.3) is 11.8 Å². The highest BCUT2D eigenvalue weighted by atomic mass is 19.1. The summed E-state index contributed by atoms with van der Waals surface area (Å²) in [6.45, 7) is 0.0802. The fraction of sp³-hybridized carbons (Fsp3) is 0.0476. The molecule has 0 saturated heterocycles. The van der Waals surface area contributed by atoms with Crippen molar-refractivity contribution < 1.29 is 14.0 Å². The van der Waals surface area contributed by atoms with Gasteiger partial charge in [-0.25, -0.2) is 9.82 Å². The fourth-order valence-corrected chi connectivity index (χ4v) is 2.39. The number of hydrogen-bond donors (Lipinski definition) is 2. The summed E-state index contributed by atoms with van der Waals surface area (Å²) in [6.07, 6.45) is 3.03. The van der Waals surface area contributed by atoms with Crippen molar-refractivity contribution in [2.75, 3.05) is 6.54 Å². The molecule has 0 bridgehead atoms. The molecule has 2 N–H and O–H groups in total. The molecule has 0 unspecified atom stereocenters. The third kappa shape index (κ3) is 5.07. The average molecular weight is 376 g/mol. The molecule has 3 aromatic rings. The van der Waals surface area contributed by atoms with Crippen molar-refractivity contribution in [2.45, 2.75) is 0 Å². The van der Waals surface area contributed by atoms with Gasteiger partial charge in [-0.3, -0.25) is 14.6 Å². The number of carbonyl (C=O) groups excluding carboxylic acids is 2. The van der Waals surface area contributed by atoms with Crippen molar-refractivity contribution in [1.82, 2.24) is 15.7 Å². The maximum atomic E-state index is 13.0. The number of aromatic nitrogens is 1. The van der Waals surface area contributed by atoms with E-state index in [1.165, 1.54) is 36.7 Å². The normalized spacial score (nSPS) is 11.0. The lowest BCUT2D eigenvalue weighted by atomic mass is 10.1. The predicted octanol–water partition coefficient (Wildman–Crippen LogP) is 2.78. The maximum absolute atomic E-state index is 13.0. The average Bonchev–Trinajstić information content (AvgIpc) is 2.75. The van der Waals surface area contributed by atoms with Gasteiger partial charge < -0.3 is 5.32 Å². The van der Waals surface area contributed by atoms with Crippen LogP contribution in [0.15, 0.2) is 84.2 Å². The Labute approximate surface area is 161 Å². The summed E-state index contributed by atoms with van der Waals surface area (Å²) in [4.78, 5) is 28.3. The largest absolute Gasteiger partial charge is 0.346 e. The van der Waals surface area contributed by atoms with Gasteiger partial charge in [-0.2, -0.15) is 5.10 Å². The highest BCUT2D eigenvalue weighted by Gasteiger charge is 2.10. The lowest BCUT2D eigenvalue weighted by Crippen LogP contribution is -2.32. The molecule has 7 heteroatoms. The van der Waals surface area contributed by atoms with E-state index in [2.05, 4.69) is 20.8 Å². The molecule has 2 aromatic carbocycles. The minimum atomic E-state index is -0.415. The van der Waals surface area contributed by atoms with Crippen molar-refractivity contribution in [3.8, 4) is 0 Å². The molecule has 0 aliphatic heterocycles. The van der Waals surface area contributed by atoms with Gasteiger partial charge in [-0.15, -0.1) is 0 Å². The Bertz CT molecular complexity index is 974. The van der Waals surface area contributed by atoms with Crippen LogP contribution in [0.3, 0.4) is 0 Å². The van der Waals surface area contributed by atoms with Gasteiger partial charge in [0.15, 0.2) is 0 Å². The molecule has 2 amide bonds. The summed E-state index contributed by atoms with van der Waals surface area (Å²) in [5, 5.41) is 6.90. The molecule has 0 saturated carbocycles. The third-order valence-corrected chi connectivity index (χ3v) is 3.86. The van der Waals surface area contributed by atoms with Crippen molar-refractivity contribution >= 4 is 17.5 Å². The number of carbonyl (C=O) groups is 2. The van der Waals surface area contributed by atoms with Crippen LogP contribution >= 0.6 is 0 Å². The van der Waals surface area contributed by atoms with E-state index in [1.54, 1.807) is 12.1 Å². The number of hydrazone groups is 1. The van der Waals surface area contributed by atoms with Gasteiger partial charge >= 0.3 is 0 Å². The molecule has 0 fully saturated rings. The Hall–Kier alpha value is -3.87. The first-order valence-corrected chi connectivity index (χ1v) is 8.49. The topological polar surface area (TPSA) is 83.5 Å². The van der Waals surface area contributed by atoms with Gasteiger partial charge in [0, 0.05) is 23.5 Å². The monoisotopic (exact) mass is 376 g/mol. The van der Waals surface area contributed by atoms with Gasteiger partial charge in [0.05, 0.1) is 12.3 Å². The second-order valence-corrected chi connectivity index (χ2v) is 5.79. The van der Waals surface area contributed by atoms with Crippen LogP contribution in [0.5, 0.6) is 0 Å².